The van der Waals surface area contributed by atoms with Gasteiger partial charge in [0.15, 0.2) is 5.82 Å². The van der Waals surface area contributed by atoms with Crippen molar-refractivity contribution in [2.24, 2.45) is 0 Å². The number of anilines is 2. The van der Waals surface area contributed by atoms with Crippen molar-refractivity contribution in [1.29, 1.82) is 0 Å². The first kappa shape index (κ1) is 22.2. The highest BCUT2D eigenvalue weighted by Gasteiger charge is 2.56. The molecule has 3 N–H and O–H groups in total. The number of para-hydroxylation sites is 1. The number of urea groups is 1. The highest BCUT2D eigenvalue weighted by molar-refractivity contribution is 9.10. The predicted molar refractivity (Wildman–Crippen MR) is 131 cm³/mol. The van der Waals surface area contributed by atoms with Crippen molar-refractivity contribution in [2.75, 3.05) is 29.4 Å². The molecule has 1 aromatic heterocycles. The lowest BCUT2D eigenvalue weighted by Gasteiger charge is -2.35. The first-order valence-corrected chi connectivity index (χ1v) is 13.9. The minimum atomic E-state index is -1.03. The van der Waals surface area contributed by atoms with Crippen molar-refractivity contribution in [2.45, 2.75) is 50.4 Å². The summed E-state index contributed by atoms with van der Waals surface area (Å²) in [4.78, 5) is 28.1. The van der Waals surface area contributed by atoms with E-state index in [1.54, 1.807) is 4.90 Å². The molecule has 4 rings (SSSR count). The Labute approximate surface area is 193 Å². The monoisotopic (exact) mass is 507 g/mol. The van der Waals surface area contributed by atoms with E-state index >= 15 is 0 Å². The molecule has 1 fully saturated rings. The largest absolute Gasteiger partial charge is 0.322 e. The molecule has 2 heterocycles. The molecular weight excluding hydrogens is 478 g/mol. The number of H-pyrrole nitrogens is 1. The number of nitrogens with one attached hydrogen (secondary N) is 3. The number of halogens is 1. The highest BCUT2D eigenvalue weighted by atomic mass is 79.9. The van der Waals surface area contributed by atoms with E-state index in [0.717, 1.165) is 39.8 Å². The molecule has 7 nitrogen and oxygen atoms in total. The third-order valence-corrected chi connectivity index (χ3v) is 10.3. The van der Waals surface area contributed by atoms with Gasteiger partial charge in [-0.15, -0.1) is 0 Å². The third kappa shape index (κ3) is 3.55. The van der Waals surface area contributed by atoms with Crippen LogP contribution in [0.15, 0.2) is 22.7 Å². The summed E-state index contributed by atoms with van der Waals surface area (Å²) in [5.74, 6) is 0.587. The van der Waals surface area contributed by atoms with Crippen LogP contribution in [-0.2, 0) is 16.9 Å². The summed E-state index contributed by atoms with van der Waals surface area (Å²) in [5.41, 5.74) is 2.88. The first-order chi connectivity index (χ1) is 14.4. The van der Waals surface area contributed by atoms with Gasteiger partial charge in [0.1, 0.15) is 0 Å². The molecule has 2 aliphatic rings. The van der Waals surface area contributed by atoms with E-state index in [1.807, 2.05) is 39.0 Å². The number of amides is 3. The van der Waals surface area contributed by atoms with Crippen LogP contribution in [0.2, 0.25) is 0 Å². The second-order valence-corrected chi connectivity index (χ2v) is 15.0. The van der Waals surface area contributed by atoms with Gasteiger partial charge in [0.25, 0.3) is 0 Å². The first-order valence-electron chi connectivity index (χ1n) is 10.3. The van der Waals surface area contributed by atoms with Crippen LogP contribution < -0.4 is 10.6 Å². The summed E-state index contributed by atoms with van der Waals surface area (Å²) in [5, 5.41) is 13.6. The molecule has 0 radical (unpaired) electrons. The quantitative estimate of drug-likeness (QED) is 0.547. The van der Waals surface area contributed by atoms with Crippen LogP contribution in [0.25, 0.3) is 0 Å². The summed E-state index contributed by atoms with van der Waals surface area (Å²) >= 11 is 3.52. The Morgan fingerprint density at radius 3 is 2.45 bits per heavy atom. The van der Waals surface area contributed by atoms with Gasteiger partial charge in [-0.05, 0) is 79.9 Å². The average molecular weight is 508 g/mol. The third-order valence-electron chi connectivity index (χ3n) is 6.69. The van der Waals surface area contributed by atoms with Crippen molar-refractivity contribution in [3.05, 3.63) is 39.5 Å². The smallest absolute Gasteiger partial charge is 0.309 e. The number of rotatable bonds is 4. The van der Waals surface area contributed by atoms with Crippen LogP contribution >= 0.6 is 26.0 Å². The van der Waals surface area contributed by atoms with Gasteiger partial charge in [-0.3, -0.25) is 9.89 Å². The number of carbonyl (C=O) groups excluding carboxylic acids is 2. The Morgan fingerprint density at radius 2 is 1.87 bits per heavy atom. The number of aromatic nitrogens is 2. The second-order valence-electron chi connectivity index (χ2n) is 9.72. The maximum atomic E-state index is 13.2. The van der Waals surface area contributed by atoms with Crippen LogP contribution in [-0.4, -0.2) is 50.5 Å². The Balaban J connectivity index is 1.56. The van der Waals surface area contributed by atoms with Crippen LogP contribution in [0, 0.1) is 6.92 Å². The maximum absolute atomic E-state index is 13.2. The Bertz CT molecular complexity index is 1050. The van der Waals surface area contributed by atoms with Gasteiger partial charge in [0.05, 0.1) is 28.2 Å². The fourth-order valence-electron chi connectivity index (χ4n) is 4.36. The molecule has 3 amide bonds. The molecular formula is C22H30BrN5O2S. The number of fused-ring (bicyclic) bond motifs is 1. The normalized spacial score (nSPS) is 19.0. The Hall–Kier alpha value is -2.00. The SMILES string of the molecule is Cc1cccc(Br)c1NC(=O)N1Cc2c(NC(=O)C3(S(C)(C)C)CC3)n[nH]c2C1(C)C. The van der Waals surface area contributed by atoms with E-state index in [2.05, 4.69) is 55.5 Å². The molecule has 9 heteroatoms. The number of benzene rings is 1. The minimum absolute atomic E-state index is 0.0499. The van der Waals surface area contributed by atoms with E-state index in [9.17, 15) is 9.59 Å². The van der Waals surface area contributed by atoms with Gasteiger partial charge in [0, 0.05) is 10.0 Å². The van der Waals surface area contributed by atoms with Gasteiger partial charge >= 0.3 is 6.03 Å². The second kappa shape index (κ2) is 7.27. The molecule has 1 saturated carbocycles. The van der Waals surface area contributed by atoms with Gasteiger partial charge < -0.3 is 15.5 Å². The van der Waals surface area contributed by atoms with Gasteiger partial charge in [-0.1, -0.05) is 12.1 Å². The number of nitrogens with zero attached hydrogens (tertiary/aromatic N) is 2. The lowest BCUT2D eigenvalue weighted by molar-refractivity contribution is -0.116. The van der Waals surface area contributed by atoms with Crippen LogP contribution in [0.4, 0.5) is 16.3 Å². The van der Waals surface area contributed by atoms with Gasteiger partial charge in [0.2, 0.25) is 5.91 Å². The van der Waals surface area contributed by atoms with Crippen molar-refractivity contribution in [3.8, 4) is 0 Å². The van der Waals surface area contributed by atoms with Gasteiger partial charge in [-0.2, -0.15) is 5.10 Å². The lowest BCUT2D eigenvalue weighted by Crippen LogP contribution is -2.43. The van der Waals surface area contributed by atoms with E-state index in [1.165, 1.54) is 0 Å². The van der Waals surface area contributed by atoms with Crippen LogP contribution in [0.5, 0.6) is 0 Å². The fourth-order valence-corrected chi connectivity index (χ4v) is 6.86. The van der Waals surface area contributed by atoms with Crippen molar-refractivity contribution in [1.82, 2.24) is 15.1 Å². The van der Waals surface area contributed by atoms with Crippen LogP contribution in [0.3, 0.4) is 0 Å². The average Bonchev–Trinajstić information content (AvgIpc) is 3.33. The van der Waals surface area contributed by atoms with Gasteiger partial charge in [-0.25, -0.2) is 14.8 Å². The Kier molecular flexibility index (Phi) is 5.20. The zero-order chi connectivity index (χ0) is 22.8. The molecule has 0 bridgehead atoms. The maximum Gasteiger partial charge on any atom is 0.322 e. The molecule has 0 saturated heterocycles. The zero-order valence-electron chi connectivity index (χ0n) is 18.9. The molecule has 1 aliphatic carbocycles. The van der Waals surface area contributed by atoms with E-state index in [4.69, 9.17) is 0 Å². The van der Waals surface area contributed by atoms with Crippen molar-refractivity contribution < 1.29 is 9.59 Å². The fraction of sp³-hybridized carbons (Fsp3) is 0.500. The zero-order valence-corrected chi connectivity index (χ0v) is 21.3. The summed E-state index contributed by atoms with van der Waals surface area (Å²) in [6.45, 7) is 6.30. The molecule has 0 spiro atoms. The number of aromatic amines is 1. The molecule has 0 atom stereocenters. The Morgan fingerprint density at radius 1 is 1.19 bits per heavy atom. The predicted octanol–water partition coefficient (Wildman–Crippen LogP) is 4.93. The standard InChI is InChI=1S/C22H30BrN5O2S/c1-13-8-7-9-15(23)16(13)24-20(30)28-12-14-17(21(28,2)3)26-27-18(14)25-19(29)22(10-11-22)31(4,5)6/h7-9H,10-12H2,1-6H3,(H,24,30)(H2,25,26,27,29). The summed E-state index contributed by atoms with van der Waals surface area (Å²) < 4.78 is 0.576. The van der Waals surface area contributed by atoms with Crippen molar-refractivity contribution in [3.63, 3.8) is 0 Å². The molecule has 168 valence electrons. The van der Waals surface area contributed by atoms with Crippen molar-refractivity contribution >= 4 is 49.4 Å². The van der Waals surface area contributed by atoms with E-state index < -0.39 is 15.6 Å². The topological polar surface area (TPSA) is 90.1 Å². The molecule has 0 unspecified atom stereocenters. The number of carbonyl (C=O) groups is 2. The van der Waals surface area contributed by atoms with E-state index in [0.29, 0.717) is 12.4 Å². The van der Waals surface area contributed by atoms with E-state index in [-0.39, 0.29) is 16.7 Å². The number of hydrogen-bond acceptors (Lipinski definition) is 3. The summed E-state index contributed by atoms with van der Waals surface area (Å²) in [6.07, 6.45) is 8.42. The minimum Gasteiger partial charge on any atom is -0.309 e. The molecule has 1 aliphatic heterocycles. The summed E-state index contributed by atoms with van der Waals surface area (Å²) in [7, 11) is -1.03. The number of hydrogen-bond donors (Lipinski definition) is 3. The lowest BCUT2D eigenvalue weighted by atomic mass is 10.0. The molecule has 1 aromatic carbocycles. The molecule has 2 aromatic rings. The van der Waals surface area contributed by atoms with Crippen LogP contribution in [0.1, 0.15) is 43.5 Å². The summed E-state index contributed by atoms with van der Waals surface area (Å²) in [6, 6.07) is 5.61. The highest BCUT2D eigenvalue weighted by Crippen LogP contribution is 2.64. The molecule has 31 heavy (non-hydrogen) atoms. The number of aryl methyl sites for hydroxylation is 1.